The van der Waals surface area contributed by atoms with Crippen molar-refractivity contribution < 1.29 is 14.7 Å². The molecule has 132 valence electrons. The van der Waals surface area contributed by atoms with Crippen LogP contribution in [0.4, 0.5) is 0 Å². The average Bonchev–Trinajstić information content (AvgIpc) is 2.51. The molecule has 0 atom stereocenters. The molecule has 0 amide bonds. The molecule has 0 bridgehead atoms. The fourth-order valence-electron chi connectivity index (χ4n) is 2.41. The van der Waals surface area contributed by atoms with Crippen molar-refractivity contribution in [2.24, 2.45) is 0 Å². The van der Waals surface area contributed by atoms with E-state index in [0.29, 0.717) is 12.8 Å². The molecule has 3 nitrogen and oxygen atoms in total. The molecule has 0 aromatic rings. The van der Waals surface area contributed by atoms with E-state index in [4.69, 9.17) is 5.11 Å². The zero-order valence-corrected chi connectivity index (χ0v) is 14.8. The van der Waals surface area contributed by atoms with E-state index in [-0.39, 0.29) is 12.2 Å². The van der Waals surface area contributed by atoms with E-state index in [1.165, 1.54) is 63.9 Å². The molecule has 0 spiro atoms. The predicted molar refractivity (Wildman–Crippen MR) is 96.6 cm³/mol. The minimum Gasteiger partial charge on any atom is -0.481 e. The Bertz CT molecular complexity index is 356. The van der Waals surface area contributed by atoms with Crippen LogP contribution < -0.4 is 0 Å². The van der Waals surface area contributed by atoms with Gasteiger partial charge < -0.3 is 5.11 Å². The molecular weight excluding hydrogens is 288 g/mol. The van der Waals surface area contributed by atoms with Gasteiger partial charge in [0.15, 0.2) is 5.78 Å². The Morgan fingerprint density at radius 1 is 0.783 bits per heavy atom. The van der Waals surface area contributed by atoms with Crippen molar-refractivity contribution in [3.8, 4) is 0 Å². The predicted octanol–water partition coefficient (Wildman–Crippen LogP) is 5.84. The van der Waals surface area contributed by atoms with Gasteiger partial charge in [-0.2, -0.15) is 0 Å². The molecule has 0 saturated heterocycles. The van der Waals surface area contributed by atoms with E-state index >= 15 is 0 Å². The molecule has 0 aromatic carbocycles. The molecule has 0 aliphatic heterocycles. The normalized spacial score (nSPS) is 11.5. The highest BCUT2D eigenvalue weighted by Gasteiger charge is 1.99. The number of carboxylic acids is 1. The number of ketones is 1. The molecule has 23 heavy (non-hydrogen) atoms. The fraction of sp³-hybridized carbons (Fsp3) is 0.700. The van der Waals surface area contributed by atoms with Crippen molar-refractivity contribution in [2.45, 2.75) is 90.4 Å². The average molecular weight is 322 g/mol. The molecule has 0 fully saturated rings. The maximum Gasteiger partial charge on any atom is 0.303 e. The molecule has 0 aliphatic rings. The zero-order valence-electron chi connectivity index (χ0n) is 14.8. The number of hydrogen-bond acceptors (Lipinski definition) is 2. The molecule has 0 saturated carbocycles. The van der Waals surface area contributed by atoms with E-state index in [0.717, 1.165) is 6.42 Å². The van der Waals surface area contributed by atoms with Crippen LogP contribution in [0.15, 0.2) is 24.3 Å². The first-order valence-corrected chi connectivity index (χ1v) is 9.24. The fourth-order valence-corrected chi connectivity index (χ4v) is 2.41. The first-order valence-electron chi connectivity index (χ1n) is 9.24. The van der Waals surface area contributed by atoms with Crippen molar-refractivity contribution in [1.29, 1.82) is 0 Å². The number of hydrogen-bond donors (Lipinski definition) is 1. The lowest BCUT2D eigenvalue weighted by molar-refractivity contribution is -0.137. The second kappa shape index (κ2) is 17.0. The molecule has 0 aromatic heterocycles. The molecule has 0 aliphatic carbocycles. The molecule has 0 unspecified atom stereocenters. The quantitative estimate of drug-likeness (QED) is 0.220. The van der Waals surface area contributed by atoms with Crippen LogP contribution in [-0.4, -0.2) is 16.9 Å². The van der Waals surface area contributed by atoms with Crippen LogP contribution in [0.1, 0.15) is 90.4 Å². The molecule has 1 N–H and O–H groups in total. The summed E-state index contributed by atoms with van der Waals surface area (Å²) in [6.45, 7) is 2.25. The van der Waals surface area contributed by atoms with Crippen LogP contribution in [-0.2, 0) is 9.59 Å². The number of rotatable bonds is 16. The lowest BCUT2D eigenvalue weighted by Gasteiger charge is -2.00. The summed E-state index contributed by atoms with van der Waals surface area (Å²) >= 11 is 0. The van der Waals surface area contributed by atoms with Gasteiger partial charge in [-0.1, -0.05) is 76.5 Å². The number of carbonyl (C=O) groups is 2. The number of allylic oxidation sites excluding steroid dienone is 4. The summed E-state index contributed by atoms with van der Waals surface area (Å²) in [6, 6.07) is 0. The minimum atomic E-state index is -0.845. The van der Waals surface area contributed by atoms with E-state index in [2.05, 4.69) is 13.0 Å². The van der Waals surface area contributed by atoms with Gasteiger partial charge >= 0.3 is 5.97 Å². The van der Waals surface area contributed by atoms with Crippen molar-refractivity contribution >= 4 is 11.8 Å². The summed E-state index contributed by atoms with van der Waals surface area (Å²) in [5, 5.41) is 8.48. The van der Waals surface area contributed by atoms with E-state index in [1.54, 1.807) is 6.08 Å². The minimum absolute atomic E-state index is 0.000951. The van der Waals surface area contributed by atoms with Gasteiger partial charge in [0.1, 0.15) is 0 Å². The van der Waals surface area contributed by atoms with Gasteiger partial charge in [-0.05, 0) is 25.3 Å². The third kappa shape index (κ3) is 18.6. The largest absolute Gasteiger partial charge is 0.481 e. The first-order chi connectivity index (χ1) is 11.2. The van der Waals surface area contributed by atoms with Crippen molar-refractivity contribution in [3.05, 3.63) is 24.3 Å². The van der Waals surface area contributed by atoms with Crippen LogP contribution in [0.25, 0.3) is 0 Å². The summed E-state index contributed by atoms with van der Waals surface area (Å²) in [7, 11) is 0. The maximum atomic E-state index is 11.4. The van der Waals surface area contributed by atoms with Crippen LogP contribution in [0.2, 0.25) is 0 Å². The molecule has 0 radical (unpaired) electrons. The second-order valence-corrected chi connectivity index (χ2v) is 6.12. The highest BCUT2D eigenvalue weighted by atomic mass is 16.4. The summed E-state index contributed by atoms with van der Waals surface area (Å²) < 4.78 is 0. The van der Waals surface area contributed by atoms with Crippen LogP contribution in [0.3, 0.4) is 0 Å². The number of carbonyl (C=O) groups excluding carboxylic acids is 1. The topological polar surface area (TPSA) is 54.4 Å². The van der Waals surface area contributed by atoms with Gasteiger partial charge in [0.25, 0.3) is 0 Å². The Balaban J connectivity index is 3.37. The van der Waals surface area contributed by atoms with Crippen molar-refractivity contribution in [3.63, 3.8) is 0 Å². The Labute approximate surface area is 141 Å². The van der Waals surface area contributed by atoms with Crippen molar-refractivity contribution in [2.75, 3.05) is 0 Å². The highest BCUT2D eigenvalue weighted by molar-refractivity contribution is 5.90. The lowest BCUT2D eigenvalue weighted by atomic mass is 10.1. The van der Waals surface area contributed by atoms with E-state index < -0.39 is 5.97 Å². The van der Waals surface area contributed by atoms with Crippen LogP contribution >= 0.6 is 0 Å². The Morgan fingerprint density at radius 3 is 2.00 bits per heavy atom. The third-order valence-corrected chi connectivity index (χ3v) is 3.82. The van der Waals surface area contributed by atoms with Crippen LogP contribution in [0, 0.1) is 0 Å². The first kappa shape index (κ1) is 21.6. The van der Waals surface area contributed by atoms with Gasteiger partial charge in [0.2, 0.25) is 0 Å². The highest BCUT2D eigenvalue weighted by Crippen LogP contribution is 2.10. The number of carboxylic acid groups (broad SMARTS) is 1. The summed E-state index contributed by atoms with van der Waals surface area (Å²) in [4.78, 5) is 21.7. The Hall–Kier alpha value is -1.38. The summed E-state index contributed by atoms with van der Waals surface area (Å²) in [5.74, 6) is -0.846. The van der Waals surface area contributed by atoms with Gasteiger partial charge in [-0.15, -0.1) is 0 Å². The number of aliphatic carboxylic acids is 1. The SMILES string of the molecule is CCCCCCCCCCC/C=C\C=C\C(=O)CCCC(=O)O. The Morgan fingerprint density at radius 2 is 1.39 bits per heavy atom. The molecular formula is C20H34O3. The van der Waals surface area contributed by atoms with Crippen LogP contribution in [0.5, 0.6) is 0 Å². The van der Waals surface area contributed by atoms with Gasteiger partial charge in [0.05, 0.1) is 0 Å². The summed E-state index contributed by atoms with van der Waals surface area (Å²) in [6.07, 6.45) is 21.2. The maximum absolute atomic E-state index is 11.4. The standard InChI is InChI=1S/C20H34O3/c1-2-3-4-5-6-7-8-9-10-11-12-13-14-16-19(21)17-15-18-20(22)23/h12-14,16H,2-11,15,17-18H2,1H3,(H,22,23)/b13-12-,16-14+. The van der Waals surface area contributed by atoms with Gasteiger partial charge in [-0.25, -0.2) is 0 Å². The van der Waals surface area contributed by atoms with E-state index in [9.17, 15) is 9.59 Å². The number of unbranched alkanes of at least 4 members (excludes halogenated alkanes) is 9. The van der Waals surface area contributed by atoms with Gasteiger partial charge in [-0.3, -0.25) is 9.59 Å². The summed E-state index contributed by atoms with van der Waals surface area (Å²) in [5.41, 5.74) is 0. The smallest absolute Gasteiger partial charge is 0.303 e. The lowest BCUT2D eigenvalue weighted by Crippen LogP contribution is -1.97. The van der Waals surface area contributed by atoms with E-state index in [1.807, 2.05) is 6.08 Å². The Kier molecular flexibility index (Phi) is 16.0. The van der Waals surface area contributed by atoms with Crippen molar-refractivity contribution in [1.82, 2.24) is 0 Å². The van der Waals surface area contributed by atoms with Gasteiger partial charge in [0, 0.05) is 12.8 Å². The second-order valence-electron chi connectivity index (χ2n) is 6.12. The molecule has 0 heterocycles. The monoisotopic (exact) mass is 322 g/mol. The third-order valence-electron chi connectivity index (χ3n) is 3.82. The molecule has 3 heteroatoms. The zero-order chi connectivity index (χ0) is 17.2. The molecule has 0 rings (SSSR count).